The monoisotopic (exact) mass is 1480 g/mol. The molecule has 0 unspecified atom stereocenters. The van der Waals surface area contributed by atoms with Crippen LogP contribution >= 0.6 is 11.6 Å². The van der Waals surface area contributed by atoms with Gasteiger partial charge in [0.2, 0.25) is 0 Å². The van der Waals surface area contributed by atoms with E-state index in [0.717, 1.165) is 191 Å². The first-order valence-electron chi connectivity index (χ1n) is 37.5. The lowest BCUT2D eigenvalue weighted by molar-refractivity contribution is 0.0230. The van der Waals surface area contributed by atoms with Crippen LogP contribution < -0.4 is 53.1 Å². The largest absolute Gasteiger partial charge is 0.444 e. The smallest absolute Gasteiger partial charge is 0.410 e. The number of amides is 2. The summed E-state index contributed by atoms with van der Waals surface area (Å²) < 4.78 is 16.2. The molecule has 6 fully saturated rings. The normalized spacial score (nSPS) is 16.5. The standard InChI is InChI=1S/C29H34N6O3.C24H26N6O.C15H23N3O2.C14H12ClN3O/c1-29(2,3)38-28(37)34-14-12-33(13-15-34)23-10-8-22(9-11-23)32-26-17-25-21(19-31-26)16-20(18-30)27(36)35(25)24-6-4-5-7-24;25-15-17-13-18-16-27-23(14-22(18)30(24(17)31)21-3-1-2-4-21)28-19-5-7-20(8-6-19)29-11-9-26-10-12-29;1-15(2,3)20-14(19)18-10-8-17(9-11-18)13-6-4-12(16)5-7-13;15-13-6-12-10(8-17-13)5-9(7-16)14(19)18(12)11-3-1-2-4-11/h8-11,16-17,19,24H,4-7,12-15H2,1-3H3,(H,31,32);5-8,13-14,16,21,26H,1-4,9-12H2,(H,27,28);4-7H,8-11,16H2,1-3H3;5-6,8,11H,1-4H2. The van der Waals surface area contributed by atoms with Gasteiger partial charge in [0, 0.05) is 178 Å². The van der Waals surface area contributed by atoms with Crippen LogP contribution in [0, 0.1) is 34.0 Å². The highest BCUT2D eigenvalue weighted by molar-refractivity contribution is 6.30. The molecule has 9 heterocycles. The van der Waals surface area contributed by atoms with Crippen LogP contribution in [0.3, 0.4) is 0 Å². The molecular weight excluding hydrogens is 1380 g/mol. The van der Waals surface area contributed by atoms with Gasteiger partial charge >= 0.3 is 12.2 Å². The van der Waals surface area contributed by atoms with Crippen molar-refractivity contribution in [3.05, 3.63) is 181 Å². The van der Waals surface area contributed by atoms with E-state index < -0.39 is 11.2 Å². The zero-order valence-corrected chi connectivity index (χ0v) is 63.2. The maximum absolute atomic E-state index is 13.0. The number of nitrogen functional groups attached to an aromatic ring is 1. The van der Waals surface area contributed by atoms with E-state index in [1.54, 1.807) is 61.8 Å². The molecule has 6 aliphatic rings. The van der Waals surface area contributed by atoms with Gasteiger partial charge in [0.15, 0.2) is 0 Å². The molecule has 9 aromatic rings. The summed E-state index contributed by atoms with van der Waals surface area (Å²) in [4.78, 5) is 86.2. The highest BCUT2D eigenvalue weighted by atomic mass is 35.5. The second kappa shape index (κ2) is 34.1. The number of carbonyl (C=O) groups excluding carboxylic acids is 2. The molecule has 3 saturated carbocycles. The molecule has 3 saturated heterocycles. The van der Waals surface area contributed by atoms with Gasteiger partial charge in [0.05, 0.1) is 16.6 Å². The Morgan fingerprint density at radius 3 is 1.11 bits per heavy atom. The van der Waals surface area contributed by atoms with E-state index >= 15 is 0 Å². The number of nitriles is 3. The number of fused-ring (bicyclic) bond motifs is 3. The Balaban J connectivity index is 0.000000140. The van der Waals surface area contributed by atoms with Gasteiger partial charge in [-0.25, -0.2) is 24.5 Å². The second-order valence-electron chi connectivity index (χ2n) is 30.3. The summed E-state index contributed by atoms with van der Waals surface area (Å²) in [5.41, 5.74) is 13.1. The maximum atomic E-state index is 13.0. The van der Waals surface area contributed by atoms with Gasteiger partial charge < -0.3 is 69.4 Å². The number of ether oxygens (including phenoxy) is 2. The Bertz CT molecular complexity index is 5010. The number of rotatable bonds is 10. The van der Waals surface area contributed by atoms with E-state index in [2.05, 4.69) is 88.1 Å². The van der Waals surface area contributed by atoms with Crippen molar-refractivity contribution in [2.24, 2.45) is 0 Å². The molecule has 0 radical (unpaired) electrons. The molecule has 6 aromatic heterocycles. The summed E-state index contributed by atoms with van der Waals surface area (Å²) in [6, 6.07) is 41.2. The molecule has 5 N–H and O–H groups in total. The zero-order chi connectivity index (χ0) is 76.2. The third-order valence-corrected chi connectivity index (χ3v) is 20.6. The first-order chi connectivity index (χ1) is 52.0. The van der Waals surface area contributed by atoms with Crippen molar-refractivity contribution >= 4 is 102 Å². The Labute approximate surface area is 634 Å². The average molecular weight is 1480 g/mol. The first kappa shape index (κ1) is 76.4. The number of nitrogens with one attached hydrogen (secondary N) is 3. The number of benzene rings is 3. The van der Waals surface area contributed by atoms with Gasteiger partial charge in [0.25, 0.3) is 16.7 Å². The topological polar surface area (TPSA) is 307 Å². The number of carbonyl (C=O) groups is 2. The molecule has 0 bridgehead atoms. The molecule has 2 amide bonds. The number of hydrogen-bond donors (Lipinski definition) is 4. The lowest BCUT2D eigenvalue weighted by Crippen LogP contribution is -2.50. The van der Waals surface area contributed by atoms with Crippen molar-refractivity contribution in [2.75, 3.05) is 110 Å². The predicted molar refractivity (Wildman–Crippen MR) is 425 cm³/mol. The van der Waals surface area contributed by atoms with Crippen LogP contribution in [-0.4, -0.2) is 140 Å². The Hall–Kier alpha value is -11.2. The van der Waals surface area contributed by atoms with Gasteiger partial charge in [0.1, 0.15) is 62.9 Å². The van der Waals surface area contributed by atoms with Gasteiger partial charge in [-0.05, 0) is 177 Å². The third-order valence-electron chi connectivity index (χ3n) is 20.4. The molecule has 3 aliphatic carbocycles. The van der Waals surface area contributed by atoms with E-state index in [0.29, 0.717) is 43.0 Å². The molecule has 108 heavy (non-hydrogen) atoms. The van der Waals surface area contributed by atoms with E-state index in [9.17, 15) is 34.5 Å². The highest BCUT2D eigenvalue weighted by Crippen LogP contribution is 2.36. The molecule has 0 spiro atoms. The summed E-state index contributed by atoms with van der Waals surface area (Å²) in [6.07, 6.45) is 17.0. The summed E-state index contributed by atoms with van der Waals surface area (Å²) in [7, 11) is 0. The van der Waals surface area contributed by atoms with Gasteiger partial charge in [-0.2, -0.15) is 15.8 Å². The quantitative estimate of drug-likeness (QED) is 0.0730. The first-order valence-corrected chi connectivity index (χ1v) is 37.9. The number of nitrogens with two attached hydrogens (primary N) is 1. The lowest BCUT2D eigenvalue weighted by Gasteiger charge is -2.36. The molecule has 3 aliphatic heterocycles. The minimum atomic E-state index is -0.495. The van der Waals surface area contributed by atoms with Crippen molar-refractivity contribution in [3.63, 3.8) is 0 Å². The third kappa shape index (κ3) is 18.8. The molecule has 0 atom stereocenters. The fraction of sp³-hybridized carbons (Fsp3) is 0.427. The Kier molecular flexibility index (Phi) is 24.2. The minimum Gasteiger partial charge on any atom is -0.444 e. The number of anilines is 8. The van der Waals surface area contributed by atoms with Crippen LogP contribution in [0.2, 0.25) is 5.15 Å². The van der Waals surface area contributed by atoms with E-state index in [1.165, 1.54) is 5.69 Å². The van der Waals surface area contributed by atoms with Crippen molar-refractivity contribution in [3.8, 4) is 18.2 Å². The molecule has 25 nitrogen and oxygen atoms in total. The summed E-state index contributed by atoms with van der Waals surface area (Å²) in [6.45, 7) is 21.0. The lowest BCUT2D eigenvalue weighted by atomic mass is 10.1. The van der Waals surface area contributed by atoms with Crippen molar-refractivity contribution in [1.29, 1.82) is 15.8 Å². The predicted octanol–water partition coefficient (Wildman–Crippen LogP) is 14.1. The second-order valence-corrected chi connectivity index (χ2v) is 30.6. The average Bonchev–Trinajstić information content (AvgIpc) is 1.64. The molecule has 562 valence electrons. The zero-order valence-electron chi connectivity index (χ0n) is 62.4. The molecule has 15 rings (SSSR count). The van der Waals surface area contributed by atoms with Crippen molar-refractivity contribution < 1.29 is 19.1 Å². The number of halogens is 1. The number of aromatic nitrogens is 6. The number of pyridine rings is 6. The summed E-state index contributed by atoms with van der Waals surface area (Å²) in [5.74, 6) is 1.34. The molecule has 3 aromatic carbocycles. The fourth-order valence-corrected chi connectivity index (χ4v) is 15.1. The number of hydrogen-bond acceptors (Lipinski definition) is 20. The number of piperazine rings is 3. The van der Waals surface area contributed by atoms with Crippen molar-refractivity contribution in [2.45, 2.75) is 148 Å². The van der Waals surface area contributed by atoms with Crippen LogP contribution in [-0.2, 0) is 9.47 Å². The van der Waals surface area contributed by atoms with Crippen LogP contribution in [0.4, 0.5) is 55.3 Å². The van der Waals surface area contributed by atoms with E-state index in [-0.39, 0.29) is 63.7 Å². The molecular formula is C82H95ClN18O7. The van der Waals surface area contributed by atoms with Crippen molar-refractivity contribution in [1.82, 2.24) is 43.8 Å². The summed E-state index contributed by atoms with van der Waals surface area (Å²) >= 11 is 5.93. The van der Waals surface area contributed by atoms with Crippen LogP contribution in [0.5, 0.6) is 0 Å². The van der Waals surface area contributed by atoms with Crippen LogP contribution in [0.15, 0.2) is 142 Å². The van der Waals surface area contributed by atoms with Gasteiger partial charge in [-0.3, -0.25) is 14.4 Å². The van der Waals surface area contributed by atoms with Crippen LogP contribution in [0.1, 0.15) is 153 Å². The van der Waals surface area contributed by atoms with Crippen LogP contribution in [0.25, 0.3) is 32.7 Å². The minimum absolute atomic E-state index is 0.114. The van der Waals surface area contributed by atoms with E-state index in [4.69, 9.17) is 32.1 Å². The fourth-order valence-electron chi connectivity index (χ4n) is 15.0. The highest BCUT2D eigenvalue weighted by Gasteiger charge is 2.30. The Morgan fingerprint density at radius 2 is 0.778 bits per heavy atom. The Morgan fingerprint density at radius 1 is 0.463 bits per heavy atom. The van der Waals surface area contributed by atoms with Gasteiger partial charge in [-0.15, -0.1) is 0 Å². The SMILES string of the molecule is CC(C)(C)OC(=O)N1CCN(c2ccc(N)cc2)CC1.CC(C)(C)OC(=O)N1CCN(c2ccc(Nc3cc4c(cn3)cc(C#N)c(=O)n4C3CCCC3)cc2)CC1.N#Cc1cc2cnc(Cl)cc2n(C2CCCC2)c1=O.N#Cc1cc2cnc(Nc3ccc(N4CCNCC4)cc3)cc2n(C2CCCC2)c1=O. The maximum Gasteiger partial charge on any atom is 0.410 e. The van der Waals surface area contributed by atoms with E-state index in [1.807, 2.05) is 107 Å². The van der Waals surface area contributed by atoms with Gasteiger partial charge in [-0.1, -0.05) is 50.1 Å². The summed E-state index contributed by atoms with van der Waals surface area (Å²) in [5, 5.41) is 40.8. The number of nitrogens with zero attached hydrogens (tertiary/aromatic N) is 14. The molecule has 26 heteroatoms.